The van der Waals surface area contributed by atoms with Gasteiger partial charge >= 0.3 is 0 Å². The number of rotatable bonds is 3. The fraction of sp³-hybridized carbons (Fsp3) is 0.583. The Hall–Kier alpha value is -1.09. The van der Waals surface area contributed by atoms with E-state index in [-0.39, 0.29) is 12.1 Å². The second-order valence-electron chi connectivity index (χ2n) is 4.06. The Morgan fingerprint density at radius 1 is 1.40 bits per heavy atom. The van der Waals surface area contributed by atoms with Crippen molar-refractivity contribution in [2.24, 2.45) is 16.5 Å². The topological polar surface area (TPSA) is 64.4 Å². The zero-order valence-corrected chi connectivity index (χ0v) is 9.39. The molecule has 15 heavy (non-hydrogen) atoms. The summed E-state index contributed by atoms with van der Waals surface area (Å²) >= 11 is 0. The molecule has 0 radical (unpaired) electrons. The number of nitrogens with zero attached hydrogens (tertiary/aromatic N) is 1. The van der Waals surface area contributed by atoms with Gasteiger partial charge in [-0.05, 0) is 19.8 Å². The van der Waals surface area contributed by atoms with Gasteiger partial charge in [0.2, 0.25) is 0 Å². The van der Waals surface area contributed by atoms with Gasteiger partial charge in [0.05, 0.1) is 11.9 Å². The smallest absolute Gasteiger partial charge is 0.0944 e. The minimum atomic E-state index is 0.109. The molecule has 0 aromatic rings. The Balaban J connectivity index is 2.45. The summed E-state index contributed by atoms with van der Waals surface area (Å²) < 4.78 is 0. The number of nitrogens with two attached hydrogens (primary N) is 2. The molecule has 3 nitrogen and oxygen atoms in total. The van der Waals surface area contributed by atoms with Crippen LogP contribution in [0.15, 0.2) is 29.3 Å². The fourth-order valence-electron chi connectivity index (χ4n) is 1.57. The average molecular weight is 207 g/mol. The van der Waals surface area contributed by atoms with E-state index in [1.54, 1.807) is 0 Å². The van der Waals surface area contributed by atoms with E-state index in [9.17, 15) is 0 Å². The van der Waals surface area contributed by atoms with Crippen LogP contribution in [0, 0.1) is 0 Å². The third kappa shape index (κ3) is 5.37. The van der Waals surface area contributed by atoms with Gasteiger partial charge in [-0.15, -0.1) is 0 Å². The molecule has 0 saturated carbocycles. The molecule has 1 aliphatic rings. The first-order valence-electron chi connectivity index (χ1n) is 5.61. The Bertz CT molecular complexity index is 264. The molecule has 0 bridgehead atoms. The van der Waals surface area contributed by atoms with Crippen molar-refractivity contribution >= 4 is 5.84 Å². The Morgan fingerprint density at radius 3 is 2.93 bits per heavy atom. The van der Waals surface area contributed by atoms with Crippen LogP contribution in [0.4, 0.5) is 0 Å². The van der Waals surface area contributed by atoms with Crippen LogP contribution in [0.25, 0.3) is 0 Å². The van der Waals surface area contributed by atoms with E-state index in [1.807, 2.05) is 25.2 Å². The molecule has 2 atom stereocenters. The maximum atomic E-state index is 5.76. The van der Waals surface area contributed by atoms with E-state index < -0.39 is 0 Å². The molecule has 1 rings (SSSR count). The number of amidine groups is 1. The predicted octanol–water partition coefficient (Wildman–Crippen LogP) is 1.75. The van der Waals surface area contributed by atoms with Gasteiger partial charge in [0.15, 0.2) is 0 Å². The Morgan fingerprint density at radius 2 is 2.20 bits per heavy atom. The molecule has 0 aliphatic carbocycles. The van der Waals surface area contributed by atoms with Crippen molar-refractivity contribution in [3.05, 3.63) is 24.3 Å². The number of hydrogen-bond donors (Lipinski definition) is 2. The van der Waals surface area contributed by atoms with Gasteiger partial charge < -0.3 is 11.5 Å². The van der Waals surface area contributed by atoms with Crippen LogP contribution >= 0.6 is 0 Å². The highest BCUT2D eigenvalue weighted by Crippen LogP contribution is 2.13. The number of hydrogen-bond acceptors (Lipinski definition) is 3. The van der Waals surface area contributed by atoms with Crippen LogP contribution in [0.5, 0.6) is 0 Å². The molecular weight excluding hydrogens is 186 g/mol. The second kappa shape index (κ2) is 6.40. The molecule has 0 saturated heterocycles. The van der Waals surface area contributed by atoms with E-state index in [0.717, 1.165) is 25.1 Å². The van der Waals surface area contributed by atoms with Crippen molar-refractivity contribution in [3.63, 3.8) is 0 Å². The quantitative estimate of drug-likeness (QED) is 0.692. The molecule has 3 heteroatoms. The third-order valence-corrected chi connectivity index (χ3v) is 2.37. The maximum Gasteiger partial charge on any atom is 0.0944 e. The highest BCUT2D eigenvalue weighted by Gasteiger charge is 2.07. The van der Waals surface area contributed by atoms with Crippen molar-refractivity contribution in [1.29, 1.82) is 0 Å². The lowest BCUT2D eigenvalue weighted by Gasteiger charge is -2.03. The Labute approximate surface area is 91.9 Å². The van der Waals surface area contributed by atoms with E-state index in [1.165, 1.54) is 6.42 Å². The molecule has 0 aromatic carbocycles. The summed E-state index contributed by atoms with van der Waals surface area (Å²) in [5.74, 6) is 0.790. The summed E-state index contributed by atoms with van der Waals surface area (Å²) in [4.78, 5) is 4.44. The lowest BCUT2D eigenvalue weighted by molar-refractivity contribution is 0.668. The van der Waals surface area contributed by atoms with Crippen molar-refractivity contribution < 1.29 is 0 Å². The molecule has 1 heterocycles. The normalized spacial score (nSPS) is 25.5. The van der Waals surface area contributed by atoms with Crippen molar-refractivity contribution in [2.45, 2.75) is 44.7 Å². The lowest BCUT2D eigenvalue weighted by Crippen LogP contribution is -2.12. The van der Waals surface area contributed by atoms with Gasteiger partial charge in [0, 0.05) is 12.5 Å². The van der Waals surface area contributed by atoms with Crippen molar-refractivity contribution in [1.82, 2.24) is 0 Å². The van der Waals surface area contributed by atoms with Crippen LogP contribution in [-0.2, 0) is 0 Å². The average Bonchev–Trinajstić information content (AvgIpc) is 2.37. The SMILES string of the molecule is CC(N)C=CC=CC1CCCCC(N)=N1. The minimum Gasteiger partial charge on any atom is -0.387 e. The van der Waals surface area contributed by atoms with Crippen molar-refractivity contribution in [3.8, 4) is 0 Å². The van der Waals surface area contributed by atoms with Crippen LogP contribution in [0.1, 0.15) is 32.6 Å². The first-order valence-corrected chi connectivity index (χ1v) is 5.61. The molecule has 0 fully saturated rings. The third-order valence-electron chi connectivity index (χ3n) is 2.37. The van der Waals surface area contributed by atoms with E-state index in [2.05, 4.69) is 11.1 Å². The van der Waals surface area contributed by atoms with Crippen LogP contribution < -0.4 is 11.5 Å². The summed E-state index contributed by atoms with van der Waals surface area (Å²) in [6.45, 7) is 1.95. The van der Waals surface area contributed by atoms with E-state index in [0.29, 0.717) is 0 Å². The molecule has 0 spiro atoms. The first kappa shape index (κ1) is 12.0. The van der Waals surface area contributed by atoms with Gasteiger partial charge in [-0.3, -0.25) is 4.99 Å². The monoisotopic (exact) mass is 207 g/mol. The summed E-state index contributed by atoms with van der Waals surface area (Å²) in [5.41, 5.74) is 11.3. The molecular formula is C12H21N3. The van der Waals surface area contributed by atoms with Crippen LogP contribution in [0.2, 0.25) is 0 Å². The van der Waals surface area contributed by atoms with Crippen LogP contribution in [0.3, 0.4) is 0 Å². The highest BCUT2D eigenvalue weighted by molar-refractivity contribution is 5.80. The van der Waals surface area contributed by atoms with E-state index in [4.69, 9.17) is 11.5 Å². The van der Waals surface area contributed by atoms with Gasteiger partial charge in [-0.2, -0.15) is 0 Å². The van der Waals surface area contributed by atoms with Gasteiger partial charge in [0.25, 0.3) is 0 Å². The number of aliphatic imine (C=N–C) groups is 1. The molecule has 4 N–H and O–H groups in total. The molecule has 2 unspecified atom stereocenters. The first-order chi connectivity index (χ1) is 7.18. The zero-order chi connectivity index (χ0) is 11.1. The molecule has 0 aromatic heterocycles. The van der Waals surface area contributed by atoms with E-state index >= 15 is 0 Å². The predicted molar refractivity (Wildman–Crippen MR) is 65.8 cm³/mol. The van der Waals surface area contributed by atoms with Gasteiger partial charge in [0.1, 0.15) is 0 Å². The zero-order valence-electron chi connectivity index (χ0n) is 9.39. The summed E-state index contributed by atoms with van der Waals surface area (Å²) in [6, 6.07) is 0.364. The number of allylic oxidation sites excluding steroid dienone is 2. The molecule has 1 aliphatic heterocycles. The maximum absolute atomic E-state index is 5.76. The molecule has 84 valence electrons. The summed E-state index contributed by atoms with van der Waals surface area (Å²) in [7, 11) is 0. The fourth-order valence-corrected chi connectivity index (χ4v) is 1.57. The highest BCUT2D eigenvalue weighted by atomic mass is 14.9. The standard InChI is InChI=1S/C12H21N3/c1-10(13)6-2-3-7-11-8-4-5-9-12(14)15-11/h2-3,6-7,10-11H,4-5,8-9,13H2,1H3,(H2,14,15). The second-order valence-corrected chi connectivity index (χ2v) is 4.06. The molecule has 0 amide bonds. The minimum absolute atomic E-state index is 0.109. The summed E-state index contributed by atoms with van der Waals surface area (Å²) in [6.07, 6.45) is 12.4. The van der Waals surface area contributed by atoms with Gasteiger partial charge in [-0.1, -0.05) is 30.7 Å². The van der Waals surface area contributed by atoms with Crippen molar-refractivity contribution in [2.75, 3.05) is 0 Å². The van der Waals surface area contributed by atoms with Crippen LogP contribution in [-0.4, -0.2) is 17.9 Å². The Kier molecular flexibility index (Phi) is 5.12. The van der Waals surface area contributed by atoms with Gasteiger partial charge in [-0.25, -0.2) is 0 Å². The largest absolute Gasteiger partial charge is 0.387 e. The lowest BCUT2D eigenvalue weighted by atomic mass is 10.1. The summed E-state index contributed by atoms with van der Waals surface area (Å²) in [5, 5.41) is 0.